The van der Waals surface area contributed by atoms with Gasteiger partial charge in [-0.3, -0.25) is 0 Å². The van der Waals surface area contributed by atoms with E-state index in [-0.39, 0.29) is 6.04 Å². The van der Waals surface area contributed by atoms with E-state index >= 15 is 0 Å². The van der Waals surface area contributed by atoms with Gasteiger partial charge in [0.15, 0.2) is 5.58 Å². The fraction of sp³-hybridized carbons (Fsp3) is 0.0238. The average Bonchev–Trinajstić information content (AvgIpc) is 3.47. The smallest absolute Gasteiger partial charge is 0.154 e. The summed E-state index contributed by atoms with van der Waals surface area (Å²) in [6.07, 6.45) is 4.50. The number of fused-ring (bicyclic) bond motifs is 10. The number of para-hydroxylation sites is 1. The van der Waals surface area contributed by atoms with Crippen molar-refractivity contribution in [1.29, 1.82) is 0 Å². The van der Waals surface area contributed by atoms with Gasteiger partial charge in [0, 0.05) is 10.8 Å². The van der Waals surface area contributed by atoms with Crippen molar-refractivity contribution in [1.82, 2.24) is 4.98 Å². The highest BCUT2D eigenvalue weighted by molar-refractivity contribution is 6.16. The molecule has 3 heteroatoms. The molecular formula is C42H26N2O. The predicted octanol–water partition coefficient (Wildman–Crippen LogP) is 11.4. The van der Waals surface area contributed by atoms with Crippen molar-refractivity contribution >= 4 is 77.1 Å². The van der Waals surface area contributed by atoms with Gasteiger partial charge in [0.2, 0.25) is 0 Å². The van der Waals surface area contributed by atoms with Crippen LogP contribution in [0.25, 0.3) is 82.5 Å². The molecular weight excluding hydrogens is 548 g/mol. The summed E-state index contributed by atoms with van der Waals surface area (Å²) < 4.78 is 6.14. The highest BCUT2D eigenvalue weighted by Gasteiger charge is 2.22. The normalized spacial score (nSPS) is 14.5. The number of nitrogens with one attached hydrogen (secondary N) is 1. The van der Waals surface area contributed by atoms with Gasteiger partial charge in [0.25, 0.3) is 0 Å². The number of aromatic nitrogens is 1. The first-order chi connectivity index (χ1) is 22.3. The van der Waals surface area contributed by atoms with Gasteiger partial charge in [0.1, 0.15) is 11.1 Å². The minimum Gasteiger partial charge on any atom is -0.454 e. The number of anilines is 1. The lowest BCUT2D eigenvalue weighted by molar-refractivity contribution is 0.669. The van der Waals surface area contributed by atoms with E-state index in [1.807, 2.05) is 18.2 Å². The standard InChI is InChI=1S/C42H26N2O/c1-2-10-28-26(9-1)23-36(32-14-6-3-11-29(28)32)33-20-21-34(31-13-5-4-12-30(31)33)37-22-19-25-17-18-27-24-39-42(44-41(27)40(25)43-37)35-15-7-8-16-38(35)45-39/h1-24,37,43H. The first-order valence-corrected chi connectivity index (χ1v) is 15.4. The van der Waals surface area contributed by atoms with Gasteiger partial charge in [-0.25, -0.2) is 4.98 Å². The lowest BCUT2D eigenvalue weighted by atomic mass is 9.87. The van der Waals surface area contributed by atoms with Crippen molar-refractivity contribution in [3.8, 4) is 11.1 Å². The zero-order chi connectivity index (χ0) is 29.5. The Morgan fingerprint density at radius 3 is 2.09 bits per heavy atom. The van der Waals surface area contributed by atoms with E-state index in [4.69, 9.17) is 9.40 Å². The minimum absolute atomic E-state index is 0.00557. The third-order valence-corrected chi connectivity index (χ3v) is 9.47. The molecule has 0 fully saturated rings. The molecule has 0 aliphatic carbocycles. The summed E-state index contributed by atoms with van der Waals surface area (Å²) in [5.74, 6) is 0. The maximum Gasteiger partial charge on any atom is 0.154 e. The van der Waals surface area contributed by atoms with E-state index in [1.54, 1.807) is 0 Å². The largest absolute Gasteiger partial charge is 0.454 e. The van der Waals surface area contributed by atoms with E-state index < -0.39 is 0 Å². The van der Waals surface area contributed by atoms with Crippen LogP contribution >= 0.6 is 0 Å². The molecule has 1 atom stereocenters. The Kier molecular flexibility index (Phi) is 5.06. The molecule has 1 unspecified atom stereocenters. The summed E-state index contributed by atoms with van der Waals surface area (Å²) in [4.78, 5) is 5.19. The second kappa shape index (κ2) is 9.28. The van der Waals surface area contributed by atoms with Crippen molar-refractivity contribution < 1.29 is 4.42 Å². The van der Waals surface area contributed by atoms with Gasteiger partial charge in [0.05, 0.1) is 17.2 Å². The molecule has 0 radical (unpaired) electrons. The van der Waals surface area contributed by atoms with Crippen molar-refractivity contribution in [3.05, 3.63) is 151 Å². The van der Waals surface area contributed by atoms with E-state index in [0.29, 0.717) is 0 Å². The Balaban J connectivity index is 1.14. The number of nitrogens with zero attached hydrogens (tertiary/aromatic N) is 1. The third-order valence-electron chi connectivity index (χ3n) is 9.47. The molecule has 1 aliphatic rings. The number of hydrogen-bond donors (Lipinski definition) is 1. The highest BCUT2D eigenvalue weighted by Crippen LogP contribution is 2.43. The lowest BCUT2D eigenvalue weighted by Gasteiger charge is -2.25. The van der Waals surface area contributed by atoms with E-state index in [1.165, 1.54) is 49.0 Å². The summed E-state index contributed by atoms with van der Waals surface area (Å²) in [5, 5.41) is 13.6. The Bertz CT molecular complexity index is 2700. The van der Waals surface area contributed by atoms with Gasteiger partial charge in [-0.15, -0.1) is 0 Å². The Morgan fingerprint density at radius 1 is 0.511 bits per heavy atom. The third kappa shape index (κ3) is 3.61. The molecule has 0 amide bonds. The molecule has 45 heavy (non-hydrogen) atoms. The Labute approximate surface area is 259 Å². The van der Waals surface area contributed by atoms with E-state index in [2.05, 4.69) is 133 Å². The fourth-order valence-corrected chi connectivity index (χ4v) is 7.36. The average molecular weight is 575 g/mol. The molecule has 2 aromatic heterocycles. The number of furan rings is 1. The van der Waals surface area contributed by atoms with Crippen molar-refractivity contribution in [2.45, 2.75) is 6.04 Å². The summed E-state index contributed by atoms with van der Waals surface area (Å²) in [6, 6.07) is 47.8. The zero-order valence-electron chi connectivity index (χ0n) is 24.3. The van der Waals surface area contributed by atoms with Crippen LogP contribution < -0.4 is 5.32 Å². The molecule has 1 aliphatic heterocycles. The van der Waals surface area contributed by atoms with Crippen LogP contribution in [0.15, 0.2) is 144 Å². The molecule has 0 spiro atoms. The summed E-state index contributed by atoms with van der Waals surface area (Å²) in [7, 11) is 0. The van der Waals surface area contributed by atoms with Crippen LogP contribution in [0, 0.1) is 0 Å². The number of hydrogen-bond acceptors (Lipinski definition) is 3. The zero-order valence-corrected chi connectivity index (χ0v) is 24.3. The first kappa shape index (κ1) is 24.5. The van der Waals surface area contributed by atoms with Crippen LogP contribution in [0.4, 0.5) is 5.69 Å². The molecule has 3 nitrogen and oxygen atoms in total. The molecule has 1 N–H and O–H groups in total. The second-order valence-electron chi connectivity index (χ2n) is 12.0. The van der Waals surface area contributed by atoms with Gasteiger partial charge < -0.3 is 9.73 Å². The summed E-state index contributed by atoms with van der Waals surface area (Å²) in [5.41, 5.74) is 9.49. The van der Waals surface area contributed by atoms with Crippen LogP contribution in [0.5, 0.6) is 0 Å². The quantitative estimate of drug-likeness (QED) is 0.209. The van der Waals surface area contributed by atoms with Crippen LogP contribution in [0.1, 0.15) is 17.2 Å². The van der Waals surface area contributed by atoms with Gasteiger partial charge in [-0.1, -0.05) is 121 Å². The Hall–Kier alpha value is -5.93. The number of rotatable bonds is 2. The monoisotopic (exact) mass is 574 g/mol. The Morgan fingerprint density at radius 2 is 1.22 bits per heavy atom. The van der Waals surface area contributed by atoms with Crippen LogP contribution in [-0.2, 0) is 0 Å². The molecule has 3 heterocycles. The van der Waals surface area contributed by atoms with Gasteiger partial charge >= 0.3 is 0 Å². The molecule has 210 valence electrons. The maximum absolute atomic E-state index is 6.14. The van der Waals surface area contributed by atoms with Crippen molar-refractivity contribution in [3.63, 3.8) is 0 Å². The lowest BCUT2D eigenvalue weighted by Crippen LogP contribution is -2.13. The van der Waals surface area contributed by atoms with Gasteiger partial charge in [-0.05, 0) is 78.8 Å². The summed E-state index contributed by atoms with van der Waals surface area (Å²) in [6.45, 7) is 0. The first-order valence-electron chi connectivity index (χ1n) is 15.4. The predicted molar refractivity (Wildman–Crippen MR) is 189 cm³/mol. The van der Waals surface area contributed by atoms with Gasteiger partial charge in [-0.2, -0.15) is 0 Å². The molecule has 10 rings (SSSR count). The summed E-state index contributed by atoms with van der Waals surface area (Å²) >= 11 is 0. The SMILES string of the molecule is C1=CC(c2ccc(-c3cc4ccccc4c4ccccc34)c3ccccc23)Nc2c1ccc1cc3oc4ccccc4c3nc21. The molecule has 0 saturated heterocycles. The van der Waals surface area contributed by atoms with Crippen LogP contribution in [-0.4, -0.2) is 4.98 Å². The van der Waals surface area contributed by atoms with E-state index in [0.717, 1.165) is 44.2 Å². The maximum atomic E-state index is 6.14. The van der Waals surface area contributed by atoms with Crippen LogP contribution in [0.3, 0.4) is 0 Å². The molecule has 9 aromatic rings. The number of benzene rings is 7. The molecule has 7 aromatic carbocycles. The highest BCUT2D eigenvalue weighted by atomic mass is 16.3. The van der Waals surface area contributed by atoms with Crippen LogP contribution in [0.2, 0.25) is 0 Å². The van der Waals surface area contributed by atoms with Crippen molar-refractivity contribution in [2.75, 3.05) is 5.32 Å². The second-order valence-corrected chi connectivity index (χ2v) is 12.0. The fourth-order valence-electron chi connectivity index (χ4n) is 7.36. The van der Waals surface area contributed by atoms with Crippen molar-refractivity contribution in [2.24, 2.45) is 0 Å². The van der Waals surface area contributed by atoms with E-state index in [9.17, 15) is 0 Å². The number of pyridine rings is 1. The topological polar surface area (TPSA) is 38.1 Å². The molecule has 0 bridgehead atoms. The minimum atomic E-state index is -0.00557. The molecule has 0 saturated carbocycles.